The summed E-state index contributed by atoms with van der Waals surface area (Å²) in [7, 11) is 3.67. The Hall–Kier alpha value is -8.12. The van der Waals surface area contributed by atoms with Crippen LogP contribution in [0.4, 0.5) is 0 Å². The van der Waals surface area contributed by atoms with Gasteiger partial charge in [-0.15, -0.1) is 0 Å². The van der Waals surface area contributed by atoms with Crippen LogP contribution in [0.5, 0.6) is 17.2 Å². The molecular weight excluding hydrogens is 1270 g/mol. The van der Waals surface area contributed by atoms with Gasteiger partial charge in [-0.1, -0.05) is 123 Å². The zero-order valence-electron chi connectivity index (χ0n) is 54.9. The van der Waals surface area contributed by atoms with Crippen LogP contribution < -0.4 is 36.9 Å². The van der Waals surface area contributed by atoms with E-state index in [1.165, 1.54) is 37.0 Å². The number of aliphatic imine (C=N–C) groups is 3. The zero-order valence-corrected chi connectivity index (χ0v) is 56.5. The molecular formula is C73H87BBrN9O11. The number of amides is 3. The van der Waals surface area contributed by atoms with Crippen molar-refractivity contribution in [3.05, 3.63) is 164 Å². The molecule has 3 saturated heterocycles. The summed E-state index contributed by atoms with van der Waals surface area (Å²) in [6.45, 7) is 15.8. The Morgan fingerprint density at radius 1 is 0.442 bits per heavy atom. The second-order valence-electron chi connectivity index (χ2n) is 27.0. The van der Waals surface area contributed by atoms with Gasteiger partial charge in [0.1, 0.15) is 34.1 Å². The lowest BCUT2D eigenvalue weighted by atomic mass is 9.74. The Labute approximate surface area is 565 Å². The van der Waals surface area contributed by atoms with Gasteiger partial charge >= 0.3 is 7.12 Å². The lowest BCUT2D eigenvalue weighted by Gasteiger charge is -2.46. The Bertz CT molecular complexity index is 3870. The van der Waals surface area contributed by atoms with Crippen molar-refractivity contribution >= 4 is 64.1 Å². The first-order chi connectivity index (χ1) is 44.7. The lowest BCUT2D eigenvalue weighted by molar-refractivity contribution is -0.139. The van der Waals surface area contributed by atoms with E-state index in [-0.39, 0.29) is 43.0 Å². The molecule has 6 aromatic carbocycles. The van der Waals surface area contributed by atoms with Gasteiger partial charge in [-0.2, -0.15) is 0 Å². The summed E-state index contributed by atoms with van der Waals surface area (Å²) >= 11 is 3.47. The number of guanidine groups is 3. The summed E-state index contributed by atoms with van der Waals surface area (Å²) < 4.78 is 37.3. The molecule has 0 radical (unpaired) electrons. The number of ether oxygens (including phenoxy) is 6. The van der Waals surface area contributed by atoms with Crippen LogP contribution in [0, 0.1) is 41.5 Å². The number of hydrogen-bond donors (Lipinski definition) is 5. The van der Waals surface area contributed by atoms with Gasteiger partial charge in [0.05, 0.1) is 19.8 Å². The smallest absolute Gasteiger partial charge is 0.484 e. The molecule has 8 N–H and O–H groups in total. The van der Waals surface area contributed by atoms with Crippen molar-refractivity contribution in [3.8, 4) is 39.5 Å². The summed E-state index contributed by atoms with van der Waals surface area (Å²) in [4.78, 5) is 58.4. The fourth-order valence-corrected chi connectivity index (χ4v) is 15.6. The maximum Gasteiger partial charge on any atom is 0.488 e. The fraction of sp³-hybridized carbons (Fsp3) is 0.425. The molecule has 15 rings (SSSR count). The number of carbonyl (C=O) groups is 3. The predicted octanol–water partition coefficient (Wildman–Crippen LogP) is 8.95. The summed E-state index contributed by atoms with van der Waals surface area (Å²) in [6, 6.07) is 36.3. The molecule has 6 aromatic rings. The number of rotatable bonds is 3. The predicted molar refractivity (Wildman–Crippen MR) is 372 cm³/mol. The van der Waals surface area contributed by atoms with Gasteiger partial charge in [-0.3, -0.25) is 29.1 Å². The molecule has 9 aliphatic heterocycles. The topological polar surface area (TPSA) is 272 Å². The first kappa shape index (κ1) is 68.3. The van der Waals surface area contributed by atoms with E-state index in [0.717, 1.165) is 113 Å². The van der Waals surface area contributed by atoms with Crippen molar-refractivity contribution in [1.82, 2.24) is 14.7 Å². The third kappa shape index (κ3) is 12.8. The molecule has 0 aliphatic carbocycles. The van der Waals surface area contributed by atoms with Crippen molar-refractivity contribution in [2.45, 2.75) is 140 Å². The van der Waals surface area contributed by atoms with Crippen molar-refractivity contribution in [3.63, 3.8) is 0 Å². The fourth-order valence-electron chi connectivity index (χ4n) is 15.2. The Morgan fingerprint density at radius 3 is 1.03 bits per heavy atom. The van der Waals surface area contributed by atoms with Gasteiger partial charge in [0, 0.05) is 81.4 Å². The van der Waals surface area contributed by atoms with Gasteiger partial charge in [0.2, 0.25) is 0 Å². The maximum atomic E-state index is 13.5. The number of aryl methyl sites for hydroxylation is 6. The average Bonchev–Trinajstić information content (AvgIpc) is 1.67. The first-order valence-corrected chi connectivity index (χ1v) is 32.9. The van der Waals surface area contributed by atoms with E-state index in [1.807, 2.05) is 62.4 Å². The van der Waals surface area contributed by atoms with Crippen molar-refractivity contribution in [1.29, 1.82) is 0 Å². The Morgan fingerprint density at radius 2 is 0.747 bits per heavy atom. The largest absolute Gasteiger partial charge is 0.488 e. The Balaban J connectivity index is 0.000000135. The van der Waals surface area contributed by atoms with Gasteiger partial charge < -0.3 is 55.7 Å². The standard InChI is InChI=1S/2C24H27N3O3.C16H18BrN3O3.C8H11BO2.CH4/c2*1-15-9-16(2)11-18(10-15)17-5-6-20-19(12-17)24(21(28)27(3)22(25)26-24)13-23(30-20)7-4-8-29-14-23;1-20-13(21)16(19-14(20)18)8-15(5-2-6-22-9-15)23-12-4-3-10(17)7-11(12)16;1-6-3-7(2)5-8(4-6)9(10)11;/h2*5-6,9-12H,4,7-8,13-14H2,1-3H3,(H2,25,26);3-4,7H,2,5-6,8-9H2,1H3,(H2,18,19);3-5,10-11H,1-2H3;1H4/t23-,24+;23-,24-;;;/m10.../s1. The monoisotopic (exact) mass is 1360 g/mol. The molecule has 9 aliphatic rings. The number of hydrogen-bond acceptors (Lipinski definition) is 17. The van der Waals surface area contributed by atoms with Crippen molar-refractivity contribution in [2.75, 3.05) is 60.8 Å². The molecule has 9 heterocycles. The number of likely N-dealkylation sites (N-methyl/N-ethyl adjacent to an activating group) is 3. The van der Waals surface area contributed by atoms with E-state index >= 15 is 0 Å². The summed E-state index contributed by atoms with van der Waals surface area (Å²) in [5, 5.41) is 17.7. The van der Waals surface area contributed by atoms with Crippen LogP contribution in [0.3, 0.4) is 0 Å². The van der Waals surface area contributed by atoms with E-state index < -0.39 is 40.5 Å². The summed E-state index contributed by atoms with van der Waals surface area (Å²) in [6.07, 6.45) is 6.54. The molecule has 0 bridgehead atoms. The van der Waals surface area contributed by atoms with Crippen LogP contribution >= 0.6 is 15.9 Å². The first-order valence-electron chi connectivity index (χ1n) is 32.1. The average molecular weight is 1360 g/mol. The quantitative estimate of drug-likeness (QED) is 0.104. The van der Waals surface area contributed by atoms with Crippen molar-refractivity contribution < 1.29 is 52.9 Å². The van der Waals surface area contributed by atoms with Crippen LogP contribution in [0.1, 0.15) is 115 Å². The number of carbonyl (C=O) groups excluding carboxylic acids is 3. The van der Waals surface area contributed by atoms with Gasteiger partial charge in [0.25, 0.3) is 17.7 Å². The normalized spacial score (nSPS) is 26.7. The van der Waals surface area contributed by atoms with E-state index in [0.29, 0.717) is 61.8 Å². The van der Waals surface area contributed by atoms with Crippen LogP contribution in [-0.2, 0) is 45.2 Å². The summed E-state index contributed by atoms with van der Waals surface area (Å²) in [5.74, 6) is 2.50. The highest BCUT2D eigenvalue weighted by Crippen LogP contribution is 2.55. The molecule has 500 valence electrons. The van der Waals surface area contributed by atoms with E-state index in [1.54, 1.807) is 33.3 Å². The summed E-state index contributed by atoms with van der Waals surface area (Å²) in [5.41, 5.74) is 27.5. The number of halogens is 1. The molecule has 20 nitrogen and oxygen atoms in total. The molecule has 2 unspecified atom stereocenters. The highest BCUT2D eigenvalue weighted by atomic mass is 79.9. The van der Waals surface area contributed by atoms with E-state index in [4.69, 9.17) is 65.7 Å². The zero-order chi connectivity index (χ0) is 66.9. The van der Waals surface area contributed by atoms with E-state index in [9.17, 15) is 14.4 Å². The minimum Gasteiger partial charge on any atom is -0.484 e. The minimum atomic E-state index is -1.35. The SMILES string of the molecule is C.CN1C(=O)C2(CC3(CCCOC3)Oc3ccc(Br)cc32)N=C1N.Cc1cc(C)cc(-c2ccc3c(c2)[C@]2(C[C@@]4(CCCOC4)O3)N=C(N)N(C)C2=O)c1.Cc1cc(C)cc(-c2ccc3c(c2)[C@]2(C[C@]4(CCCOC4)O3)N=C(N)N(C)C2=O)c1.Cc1cc(C)cc(B(O)O)c1. The molecule has 6 atom stereocenters. The highest BCUT2D eigenvalue weighted by Gasteiger charge is 2.61. The van der Waals surface area contributed by atoms with Gasteiger partial charge in [0.15, 0.2) is 34.5 Å². The molecule has 3 fully saturated rings. The molecule has 22 heteroatoms. The molecule has 3 amide bonds. The third-order valence-electron chi connectivity index (χ3n) is 19.4. The highest BCUT2D eigenvalue weighted by molar-refractivity contribution is 9.10. The van der Waals surface area contributed by atoms with Crippen LogP contribution in [0.2, 0.25) is 0 Å². The number of fused-ring (bicyclic) bond motifs is 6. The maximum absolute atomic E-state index is 13.5. The number of benzene rings is 6. The second kappa shape index (κ2) is 26.1. The number of nitrogens with two attached hydrogens (primary N) is 3. The van der Waals surface area contributed by atoms with Gasteiger partial charge in [-0.05, 0) is 150 Å². The number of nitrogens with zero attached hydrogens (tertiary/aromatic N) is 6. The molecule has 6 spiro atoms. The minimum absolute atomic E-state index is 0. The lowest BCUT2D eigenvalue weighted by Crippen LogP contribution is -2.55. The molecule has 0 saturated carbocycles. The van der Waals surface area contributed by atoms with E-state index in [2.05, 4.69) is 97.1 Å². The molecule has 0 aromatic heterocycles. The van der Waals surface area contributed by atoms with Crippen molar-refractivity contribution in [2.24, 2.45) is 32.2 Å². The van der Waals surface area contributed by atoms with Crippen LogP contribution in [0.25, 0.3) is 22.3 Å². The molecule has 95 heavy (non-hydrogen) atoms. The van der Waals surface area contributed by atoms with Crippen LogP contribution in [0.15, 0.2) is 129 Å². The Kier molecular flexibility index (Phi) is 18.8. The van der Waals surface area contributed by atoms with Gasteiger partial charge in [-0.25, -0.2) is 15.0 Å². The second-order valence-corrected chi connectivity index (χ2v) is 28.0. The van der Waals surface area contributed by atoms with Crippen LogP contribution in [-0.4, -0.2) is 145 Å². The third-order valence-corrected chi connectivity index (χ3v) is 19.9.